The Kier molecular flexibility index (Phi) is 6.75. The molecular weight excluding hydrogens is 312 g/mol. The van der Waals surface area contributed by atoms with E-state index in [0.717, 1.165) is 21.5 Å². The van der Waals surface area contributed by atoms with Crippen LogP contribution in [0, 0.1) is 12.8 Å². The lowest BCUT2D eigenvalue weighted by molar-refractivity contribution is -0.113. The van der Waals surface area contributed by atoms with Gasteiger partial charge in [0.25, 0.3) is 0 Å². The van der Waals surface area contributed by atoms with Crippen LogP contribution in [0.2, 0.25) is 0 Å². The van der Waals surface area contributed by atoms with Gasteiger partial charge in [0.05, 0.1) is 11.4 Å². The first-order chi connectivity index (χ1) is 8.52. The molecule has 0 fully saturated rings. The molecule has 1 atom stereocenters. The molecule has 1 aromatic carbocycles. The summed E-state index contributed by atoms with van der Waals surface area (Å²) in [5, 5.41) is 2.89. The highest BCUT2D eigenvalue weighted by Crippen LogP contribution is 2.23. The molecule has 0 aromatic heterocycles. The Bertz CT molecular complexity index is 412. The van der Waals surface area contributed by atoms with Crippen LogP contribution in [0.1, 0.15) is 12.5 Å². The second kappa shape index (κ2) is 7.81. The van der Waals surface area contributed by atoms with Crippen molar-refractivity contribution >= 4 is 39.3 Å². The van der Waals surface area contributed by atoms with Crippen LogP contribution in [0.15, 0.2) is 22.7 Å². The maximum Gasteiger partial charge on any atom is 0.234 e. The summed E-state index contributed by atoms with van der Waals surface area (Å²) in [5.41, 5.74) is 7.50. The Morgan fingerprint density at radius 1 is 1.56 bits per heavy atom. The maximum atomic E-state index is 11.7. The zero-order valence-electron chi connectivity index (χ0n) is 10.7. The van der Waals surface area contributed by atoms with Gasteiger partial charge >= 0.3 is 0 Å². The second-order valence-corrected chi connectivity index (χ2v) is 6.27. The number of hydrogen-bond donors (Lipinski definition) is 2. The zero-order chi connectivity index (χ0) is 13.5. The third kappa shape index (κ3) is 5.42. The summed E-state index contributed by atoms with van der Waals surface area (Å²) in [7, 11) is 0. The number of aryl methyl sites for hydroxylation is 1. The van der Waals surface area contributed by atoms with Gasteiger partial charge in [-0.15, -0.1) is 0 Å². The molecule has 3 N–H and O–H groups in total. The lowest BCUT2D eigenvalue weighted by Gasteiger charge is -2.09. The fraction of sp³-hybridized carbons (Fsp3) is 0.462. The molecule has 0 heterocycles. The summed E-state index contributed by atoms with van der Waals surface area (Å²) >= 11 is 5.06. The van der Waals surface area contributed by atoms with Gasteiger partial charge in [0.15, 0.2) is 0 Å². The van der Waals surface area contributed by atoms with Crippen LogP contribution < -0.4 is 11.1 Å². The topological polar surface area (TPSA) is 55.1 Å². The van der Waals surface area contributed by atoms with E-state index in [4.69, 9.17) is 5.73 Å². The lowest BCUT2D eigenvalue weighted by atomic mass is 10.2. The quantitative estimate of drug-likeness (QED) is 0.842. The van der Waals surface area contributed by atoms with Crippen molar-refractivity contribution in [1.82, 2.24) is 0 Å². The largest absolute Gasteiger partial charge is 0.330 e. The Labute approximate surface area is 121 Å². The van der Waals surface area contributed by atoms with Crippen molar-refractivity contribution in [2.24, 2.45) is 11.7 Å². The van der Waals surface area contributed by atoms with E-state index in [-0.39, 0.29) is 5.91 Å². The lowest BCUT2D eigenvalue weighted by Crippen LogP contribution is -2.17. The maximum absolute atomic E-state index is 11.7. The molecule has 100 valence electrons. The van der Waals surface area contributed by atoms with Gasteiger partial charge in [0.2, 0.25) is 5.91 Å². The van der Waals surface area contributed by atoms with Crippen molar-refractivity contribution in [3.63, 3.8) is 0 Å². The molecule has 1 aromatic rings. The Morgan fingerprint density at radius 3 is 2.89 bits per heavy atom. The Balaban J connectivity index is 2.40. The predicted octanol–water partition coefficient (Wildman–Crippen LogP) is 3.02. The number of anilines is 1. The van der Waals surface area contributed by atoms with E-state index in [1.807, 2.05) is 25.1 Å². The minimum atomic E-state index is 0.0220. The molecule has 0 aliphatic heterocycles. The van der Waals surface area contributed by atoms with Gasteiger partial charge < -0.3 is 11.1 Å². The van der Waals surface area contributed by atoms with Gasteiger partial charge in [-0.25, -0.2) is 0 Å². The first-order valence-electron chi connectivity index (χ1n) is 5.86. The van der Waals surface area contributed by atoms with Crippen molar-refractivity contribution < 1.29 is 4.79 Å². The summed E-state index contributed by atoms with van der Waals surface area (Å²) in [5.74, 6) is 1.85. The molecule has 0 aliphatic carbocycles. The number of rotatable bonds is 6. The van der Waals surface area contributed by atoms with Crippen LogP contribution >= 0.6 is 27.7 Å². The van der Waals surface area contributed by atoms with Crippen molar-refractivity contribution in [2.45, 2.75) is 13.8 Å². The van der Waals surface area contributed by atoms with E-state index in [1.54, 1.807) is 11.8 Å². The van der Waals surface area contributed by atoms with Crippen LogP contribution in [0.5, 0.6) is 0 Å². The number of nitrogens with two attached hydrogens (primary N) is 1. The monoisotopic (exact) mass is 330 g/mol. The number of carbonyl (C=O) groups is 1. The molecule has 1 unspecified atom stereocenters. The summed E-state index contributed by atoms with van der Waals surface area (Å²) in [6.45, 7) is 4.76. The van der Waals surface area contributed by atoms with Gasteiger partial charge in [-0.3, -0.25) is 4.79 Å². The minimum Gasteiger partial charge on any atom is -0.330 e. The van der Waals surface area contributed by atoms with Crippen LogP contribution in [-0.2, 0) is 4.79 Å². The number of amides is 1. The number of hydrogen-bond acceptors (Lipinski definition) is 3. The van der Waals surface area contributed by atoms with Crippen molar-refractivity contribution in [1.29, 1.82) is 0 Å². The third-order valence-corrected chi connectivity index (χ3v) is 4.36. The predicted molar refractivity (Wildman–Crippen MR) is 83.1 cm³/mol. The van der Waals surface area contributed by atoms with Crippen molar-refractivity contribution in [3.05, 3.63) is 28.2 Å². The van der Waals surface area contributed by atoms with Gasteiger partial charge in [-0.1, -0.05) is 13.0 Å². The summed E-state index contributed by atoms with van der Waals surface area (Å²) in [6, 6.07) is 5.87. The standard InChI is InChI=1S/C13H19BrN2OS/c1-9-3-4-12(11(14)5-9)16-13(17)8-18-7-10(2)6-15/h3-5,10H,6-8,15H2,1-2H3,(H,16,17). The number of carbonyl (C=O) groups excluding carboxylic acids is 1. The summed E-state index contributed by atoms with van der Waals surface area (Å²) in [4.78, 5) is 11.7. The molecular formula is C13H19BrN2OS. The van der Waals surface area contributed by atoms with Crippen molar-refractivity contribution in [3.8, 4) is 0 Å². The second-order valence-electron chi connectivity index (χ2n) is 4.39. The molecule has 0 aliphatic rings. The Hall–Kier alpha value is -0.520. The van der Waals surface area contributed by atoms with Crippen LogP contribution in [0.3, 0.4) is 0 Å². The molecule has 0 radical (unpaired) electrons. The number of nitrogens with one attached hydrogen (secondary N) is 1. The van der Waals surface area contributed by atoms with E-state index in [2.05, 4.69) is 28.2 Å². The summed E-state index contributed by atoms with van der Waals surface area (Å²) < 4.78 is 0.913. The number of benzene rings is 1. The fourth-order valence-electron chi connectivity index (χ4n) is 1.33. The van der Waals surface area contributed by atoms with Crippen molar-refractivity contribution in [2.75, 3.05) is 23.4 Å². The van der Waals surface area contributed by atoms with E-state index in [0.29, 0.717) is 18.2 Å². The van der Waals surface area contributed by atoms with Crippen LogP contribution in [0.25, 0.3) is 0 Å². The molecule has 18 heavy (non-hydrogen) atoms. The fourth-order valence-corrected chi connectivity index (χ4v) is 2.83. The molecule has 0 saturated heterocycles. The molecule has 0 saturated carbocycles. The molecule has 0 spiro atoms. The van der Waals surface area contributed by atoms with Gasteiger partial charge in [-0.05, 0) is 58.8 Å². The number of halogens is 1. The van der Waals surface area contributed by atoms with E-state index in [1.165, 1.54) is 0 Å². The normalized spacial score (nSPS) is 12.2. The zero-order valence-corrected chi connectivity index (χ0v) is 13.1. The molecule has 3 nitrogen and oxygen atoms in total. The molecule has 1 amide bonds. The highest BCUT2D eigenvalue weighted by Gasteiger charge is 2.07. The highest BCUT2D eigenvalue weighted by molar-refractivity contribution is 9.10. The van der Waals surface area contributed by atoms with Gasteiger partial charge in [0, 0.05) is 4.47 Å². The minimum absolute atomic E-state index is 0.0220. The van der Waals surface area contributed by atoms with E-state index >= 15 is 0 Å². The first kappa shape index (κ1) is 15.5. The van der Waals surface area contributed by atoms with E-state index in [9.17, 15) is 4.79 Å². The molecule has 0 bridgehead atoms. The number of thioether (sulfide) groups is 1. The summed E-state index contributed by atoms with van der Waals surface area (Å²) in [6.07, 6.45) is 0. The van der Waals surface area contributed by atoms with E-state index < -0.39 is 0 Å². The van der Waals surface area contributed by atoms with Gasteiger partial charge in [-0.2, -0.15) is 11.8 Å². The van der Waals surface area contributed by atoms with Gasteiger partial charge in [0.1, 0.15) is 0 Å². The average molecular weight is 331 g/mol. The SMILES string of the molecule is Cc1ccc(NC(=O)CSCC(C)CN)c(Br)c1. The molecule has 5 heteroatoms. The first-order valence-corrected chi connectivity index (χ1v) is 7.81. The smallest absolute Gasteiger partial charge is 0.234 e. The average Bonchev–Trinajstić information content (AvgIpc) is 2.32. The highest BCUT2D eigenvalue weighted by atomic mass is 79.9. The Morgan fingerprint density at radius 2 is 2.28 bits per heavy atom. The van der Waals surface area contributed by atoms with Crippen LogP contribution in [-0.4, -0.2) is 24.0 Å². The molecule has 1 rings (SSSR count). The third-order valence-electron chi connectivity index (χ3n) is 2.44. The van der Waals surface area contributed by atoms with Crippen LogP contribution in [0.4, 0.5) is 5.69 Å².